The average Bonchev–Trinajstić information content (AvgIpc) is 1.84. The molecule has 0 bridgehead atoms. The lowest BCUT2D eigenvalue weighted by Gasteiger charge is -2.46. The zero-order chi connectivity index (χ0) is 7.95. The van der Waals surface area contributed by atoms with Gasteiger partial charge in [-0.2, -0.15) is 0 Å². The molecule has 0 aromatic heterocycles. The van der Waals surface area contributed by atoms with Crippen molar-refractivity contribution in [2.24, 2.45) is 0 Å². The van der Waals surface area contributed by atoms with Gasteiger partial charge in [-0.15, -0.1) is 0 Å². The lowest BCUT2D eigenvalue weighted by Crippen LogP contribution is -2.68. The summed E-state index contributed by atoms with van der Waals surface area (Å²) >= 11 is 0. The third-order valence-corrected chi connectivity index (χ3v) is 1.90. The van der Waals surface area contributed by atoms with E-state index < -0.39 is 18.3 Å². The van der Waals surface area contributed by atoms with Crippen molar-refractivity contribution in [1.29, 1.82) is 0 Å². The molecule has 0 saturated carbocycles. The molecule has 0 aliphatic carbocycles. The van der Waals surface area contributed by atoms with Crippen molar-refractivity contribution in [2.45, 2.75) is 11.6 Å². The standard InChI is InChI=1S/C6H9F2NO2/c7-5(8)1-9-6(11-2-5)3-10-4-6/h9H,1-4H2. The summed E-state index contributed by atoms with van der Waals surface area (Å²) in [5.74, 6) is -2.72. The number of rotatable bonds is 0. The Morgan fingerprint density at radius 1 is 1.18 bits per heavy atom. The fraction of sp³-hybridized carbons (Fsp3) is 1.00. The summed E-state index contributed by atoms with van der Waals surface area (Å²) in [6.07, 6.45) is 0. The van der Waals surface area contributed by atoms with Gasteiger partial charge >= 0.3 is 0 Å². The fourth-order valence-corrected chi connectivity index (χ4v) is 1.11. The van der Waals surface area contributed by atoms with E-state index in [-0.39, 0.29) is 6.54 Å². The van der Waals surface area contributed by atoms with E-state index in [4.69, 9.17) is 9.47 Å². The van der Waals surface area contributed by atoms with Gasteiger partial charge in [0.2, 0.25) is 0 Å². The van der Waals surface area contributed by atoms with E-state index >= 15 is 0 Å². The molecule has 1 spiro atoms. The fourth-order valence-electron chi connectivity index (χ4n) is 1.11. The van der Waals surface area contributed by atoms with Gasteiger partial charge in [-0.25, -0.2) is 8.78 Å². The van der Waals surface area contributed by atoms with E-state index in [1.807, 2.05) is 0 Å². The minimum atomic E-state index is -2.72. The van der Waals surface area contributed by atoms with Gasteiger partial charge in [-0.1, -0.05) is 0 Å². The molecule has 0 atom stereocenters. The molecule has 0 amide bonds. The predicted molar refractivity (Wildman–Crippen MR) is 32.5 cm³/mol. The lowest BCUT2D eigenvalue weighted by molar-refractivity contribution is -0.279. The van der Waals surface area contributed by atoms with Crippen molar-refractivity contribution in [3.63, 3.8) is 0 Å². The van der Waals surface area contributed by atoms with E-state index in [1.54, 1.807) is 0 Å². The van der Waals surface area contributed by atoms with Crippen molar-refractivity contribution >= 4 is 0 Å². The maximum Gasteiger partial charge on any atom is 0.283 e. The molecule has 2 saturated heterocycles. The van der Waals surface area contributed by atoms with E-state index in [9.17, 15) is 8.78 Å². The van der Waals surface area contributed by atoms with Crippen LogP contribution in [-0.4, -0.2) is 38.0 Å². The topological polar surface area (TPSA) is 30.5 Å². The first-order valence-corrected chi connectivity index (χ1v) is 3.47. The van der Waals surface area contributed by atoms with E-state index in [1.165, 1.54) is 0 Å². The van der Waals surface area contributed by atoms with Gasteiger partial charge in [0.1, 0.15) is 6.61 Å². The summed E-state index contributed by atoms with van der Waals surface area (Å²) in [4.78, 5) is 0. The van der Waals surface area contributed by atoms with E-state index in [2.05, 4.69) is 5.32 Å². The van der Waals surface area contributed by atoms with Gasteiger partial charge in [0.05, 0.1) is 19.8 Å². The van der Waals surface area contributed by atoms with Gasteiger partial charge < -0.3 is 9.47 Å². The van der Waals surface area contributed by atoms with Gasteiger partial charge in [0, 0.05) is 0 Å². The Bertz CT molecular complexity index is 158. The van der Waals surface area contributed by atoms with Crippen LogP contribution in [0.4, 0.5) is 8.78 Å². The molecular formula is C6H9F2NO2. The molecule has 5 heteroatoms. The number of hydrogen-bond donors (Lipinski definition) is 1. The smallest absolute Gasteiger partial charge is 0.283 e. The van der Waals surface area contributed by atoms with Crippen molar-refractivity contribution in [3.05, 3.63) is 0 Å². The molecule has 11 heavy (non-hydrogen) atoms. The summed E-state index contributed by atoms with van der Waals surface area (Å²) in [6, 6.07) is 0. The van der Waals surface area contributed by atoms with E-state index in [0.717, 1.165) is 0 Å². The minimum absolute atomic E-state index is 0.309. The Morgan fingerprint density at radius 2 is 1.91 bits per heavy atom. The molecule has 1 N–H and O–H groups in total. The number of halogens is 2. The first-order chi connectivity index (χ1) is 5.12. The van der Waals surface area contributed by atoms with Crippen molar-refractivity contribution < 1.29 is 18.3 Å². The van der Waals surface area contributed by atoms with Gasteiger partial charge in [-0.05, 0) is 0 Å². The summed E-state index contributed by atoms with van der Waals surface area (Å²) in [5.41, 5.74) is -0.596. The molecule has 3 nitrogen and oxygen atoms in total. The SMILES string of the molecule is FC1(F)CNC2(COC2)OC1. The highest BCUT2D eigenvalue weighted by atomic mass is 19.3. The maximum absolute atomic E-state index is 12.5. The Kier molecular flexibility index (Phi) is 1.42. The van der Waals surface area contributed by atoms with Crippen LogP contribution in [0.15, 0.2) is 0 Å². The second-order valence-electron chi connectivity index (χ2n) is 2.99. The average molecular weight is 165 g/mol. The third-order valence-electron chi connectivity index (χ3n) is 1.90. The van der Waals surface area contributed by atoms with Crippen LogP contribution < -0.4 is 5.32 Å². The first kappa shape index (κ1) is 7.39. The summed E-state index contributed by atoms with van der Waals surface area (Å²) in [7, 11) is 0. The zero-order valence-electron chi connectivity index (χ0n) is 5.90. The monoisotopic (exact) mass is 165 g/mol. The second-order valence-corrected chi connectivity index (χ2v) is 2.99. The van der Waals surface area contributed by atoms with Crippen molar-refractivity contribution in [1.82, 2.24) is 5.32 Å². The number of ether oxygens (including phenoxy) is 2. The number of nitrogens with one attached hydrogen (secondary N) is 1. The molecule has 0 aromatic rings. The van der Waals surface area contributed by atoms with Crippen molar-refractivity contribution in [3.8, 4) is 0 Å². The second kappa shape index (κ2) is 2.12. The molecule has 2 aliphatic rings. The van der Waals surface area contributed by atoms with Crippen LogP contribution in [0.3, 0.4) is 0 Å². The normalized spacial score (nSPS) is 33.3. The van der Waals surface area contributed by atoms with Crippen LogP contribution in [0, 0.1) is 0 Å². The van der Waals surface area contributed by atoms with Gasteiger partial charge in [-0.3, -0.25) is 5.32 Å². The molecule has 2 aliphatic heterocycles. The van der Waals surface area contributed by atoms with Crippen LogP contribution in [0.2, 0.25) is 0 Å². The summed E-state index contributed by atoms with van der Waals surface area (Å²) < 4.78 is 34.7. The van der Waals surface area contributed by atoms with Crippen LogP contribution in [0.5, 0.6) is 0 Å². The Balaban J connectivity index is 1.94. The largest absolute Gasteiger partial charge is 0.372 e. The lowest BCUT2D eigenvalue weighted by atomic mass is 10.1. The Hall–Kier alpha value is -0.260. The molecule has 0 unspecified atom stereocenters. The van der Waals surface area contributed by atoms with Crippen LogP contribution >= 0.6 is 0 Å². The van der Waals surface area contributed by atoms with Crippen LogP contribution in [0.1, 0.15) is 0 Å². The molecule has 64 valence electrons. The molecular weight excluding hydrogens is 156 g/mol. The first-order valence-electron chi connectivity index (χ1n) is 3.47. The molecule has 0 radical (unpaired) electrons. The van der Waals surface area contributed by atoms with Crippen LogP contribution in [0.25, 0.3) is 0 Å². The molecule has 2 rings (SSSR count). The van der Waals surface area contributed by atoms with Crippen LogP contribution in [-0.2, 0) is 9.47 Å². The quantitative estimate of drug-likeness (QED) is 0.546. The highest BCUT2D eigenvalue weighted by molar-refractivity contribution is 4.91. The summed E-state index contributed by atoms with van der Waals surface area (Å²) in [5, 5.41) is 2.62. The maximum atomic E-state index is 12.5. The minimum Gasteiger partial charge on any atom is -0.372 e. The predicted octanol–water partition coefficient (Wildman–Crippen LogP) is -0.0320. The highest BCUT2D eigenvalue weighted by Gasteiger charge is 2.48. The molecule has 2 heterocycles. The Labute approximate surface area is 62.7 Å². The highest BCUT2D eigenvalue weighted by Crippen LogP contribution is 2.27. The van der Waals surface area contributed by atoms with Gasteiger partial charge in [0.25, 0.3) is 5.92 Å². The molecule has 0 aromatic carbocycles. The Morgan fingerprint density at radius 3 is 2.27 bits per heavy atom. The van der Waals surface area contributed by atoms with Crippen molar-refractivity contribution in [2.75, 3.05) is 26.4 Å². The summed E-state index contributed by atoms with van der Waals surface area (Å²) in [6.45, 7) is -0.0497. The zero-order valence-corrected chi connectivity index (χ0v) is 5.90. The van der Waals surface area contributed by atoms with E-state index in [0.29, 0.717) is 13.2 Å². The number of alkyl halides is 2. The number of hydrogen-bond acceptors (Lipinski definition) is 3. The third kappa shape index (κ3) is 1.23. The molecule has 2 fully saturated rings. The van der Waals surface area contributed by atoms with Gasteiger partial charge in [0.15, 0.2) is 5.72 Å².